The smallest absolute Gasteiger partial charge is 0.253 e. The number of benzene rings is 1. The highest BCUT2D eigenvalue weighted by Crippen LogP contribution is 2.37. The summed E-state index contributed by atoms with van der Waals surface area (Å²) in [7, 11) is 1.60. The fourth-order valence-electron chi connectivity index (χ4n) is 3.52. The van der Waals surface area contributed by atoms with E-state index in [0.29, 0.717) is 19.7 Å². The molecule has 2 saturated heterocycles. The minimum Gasteiger partial charge on any atom is -0.372 e. The third-order valence-corrected chi connectivity index (χ3v) is 5.16. The van der Waals surface area contributed by atoms with Crippen molar-refractivity contribution in [2.45, 2.75) is 37.9 Å². The van der Waals surface area contributed by atoms with Gasteiger partial charge in [-0.2, -0.15) is 0 Å². The van der Waals surface area contributed by atoms with Crippen molar-refractivity contribution in [3.63, 3.8) is 0 Å². The van der Waals surface area contributed by atoms with Crippen LogP contribution in [0.25, 0.3) is 0 Å². The molecule has 1 spiro atoms. The van der Waals surface area contributed by atoms with Crippen LogP contribution in [0.1, 0.15) is 35.2 Å². The van der Waals surface area contributed by atoms with Crippen molar-refractivity contribution < 1.29 is 19.1 Å². The predicted molar refractivity (Wildman–Crippen MR) is 93.4 cm³/mol. The molecule has 1 atom stereocenters. The standard InChI is InChI=1S/C19H26N2O4/c1-14-3-5-15(6-4-14)18(23)21-9-7-19(8-10-21)11-16(12-25-19)24-13-17(22)20-2/h3-6,16H,7-13H2,1-2H3,(H,20,22)/t16-/m1/s1. The molecule has 1 N–H and O–H groups in total. The van der Waals surface area contributed by atoms with Crippen LogP contribution in [0.5, 0.6) is 0 Å². The number of amides is 2. The largest absolute Gasteiger partial charge is 0.372 e. The van der Waals surface area contributed by atoms with E-state index >= 15 is 0 Å². The van der Waals surface area contributed by atoms with Crippen molar-refractivity contribution in [1.82, 2.24) is 10.2 Å². The van der Waals surface area contributed by atoms with Crippen LogP contribution < -0.4 is 5.32 Å². The van der Waals surface area contributed by atoms with Crippen molar-refractivity contribution in [2.75, 3.05) is 33.4 Å². The van der Waals surface area contributed by atoms with Crippen molar-refractivity contribution in [3.05, 3.63) is 35.4 Å². The van der Waals surface area contributed by atoms with Gasteiger partial charge in [0.2, 0.25) is 5.91 Å². The van der Waals surface area contributed by atoms with E-state index in [2.05, 4.69) is 5.32 Å². The maximum absolute atomic E-state index is 12.6. The molecule has 136 valence electrons. The molecule has 6 nitrogen and oxygen atoms in total. The van der Waals surface area contributed by atoms with E-state index in [1.54, 1.807) is 7.05 Å². The molecular formula is C19H26N2O4. The number of likely N-dealkylation sites (N-methyl/N-ethyl adjacent to an activating group) is 1. The first-order valence-electron chi connectivity index (χ1n) is 8.83. The summed E-state index contributed by atoms with van der Waals surface area (Å²) in [6.07, 6.45) is 2.36. The zero-order valence-corrected chi connectivity index (χ0v) is 14.9. The first-order valence-corrected chi connectivity index (χ1v) is 8.83. The Hall–Kier alpha value is -1.92. The Labute approximate surface area is 148 Å². The number of hydrogen-bond donors (Lipinski definition) is 1. The average Bonchev–Trinajstić information content (AvgIpc) is 3.03. The van der Waals surface area contributed by atoms with Crippen LogP contribution in [0.2, 0.25) is 0 Å². The third kappa shape index (κ3) is 4.19. The second-order valence-corrected chi connectivity index (χ2v) is 6.96. The Morgan fingerprint density at radius 3 is 2.60 bits per heavy atom. The van der Waals surface area contributed by atoms with Crippen molar-refractivity contribution >= 4 is 11.8 Å². The highest BCUT2D eigenvalue weighted by molar-refractivity contribution is 5.94. The number of hydrogen-bond acceptors (Lipinski definition) is 4. The van der Waals surface area contributed by atoms with Gasteiger partial charge in [0.25, 0.3) is 5.91 Å². The summed E-state index contributed by atoms with van der Waals surface area (Å²) >= 11 is 0. The van der Waals surface area contributed by atoms with E-state index in [-0.39, 0.29) is 30.1 Å². The summed E-state index contributed by atoms with van der Waals surface area (Å²) in [5.74, 6) is -0.0419. The lowest BCUT2D eigenvalue weighted by Crippen LogP contribution is -2.46. The molecule has 2 aliphatic heterocycles. The molecule has 1 aromatic rings. The van der Waals surface area contributed by atoms with E-state index in [1.807, 2.05) is 36.1 Å². The molecule has 2 fully saturated rings. The summed E-state index contributed by atoms with van der Waals surface area (Å²) < 4.78 is 11.6. The number of nitrogens with zero attached hydrogens (tertiary/aromatic N) is 1. The highest BCUT2D eigenvalue weighted by atomic mass is 16.6. The number of ether oxygens (including phenoxy) is 2. The molecule has 0 bridgehead atoms. The quantitative estimate of drug-likeness (QED) is 0.898. The molecule has 0 radical (unpaired) electrons. The molecule has 0 unspecified atom stereocenters. The van der Waals surface area contributed by atoms with E-state index in [1.165, 1.54) is 0 Å². The van der Waals surface area contributed by atoms with Crippen LogP contribution in [0.3, 0.4) is 0 Å². The third-order valence-electron chi connectivity index (χ3n) is 5.16. The number of piperidine rings is 1. The summed E-state index contributed by atoms with van der Waals surface area (Å²) in [5.41, 5.74) is 1.68. The van der Waals surface area contributed by atoms with Gasteiger partial charge in [-0.25, -0.2) is 0 Å². The molecule has 2 amide bonds. The second kappa shape index (κ2) is 7.54. The maximum atomic E-state index is 12.6. The topological polar surface area (TPSA) is 67.9 Å². The van der Waals surface area contributed by atoms with Crippen LogP contribution in [0, 0.1) is 6.92 Å². The van der Waals surface area contributed by atoms with Gasteiger partial charge in [0, 0.05) is 32.1 Å². The van der Waals surface area contributed by atoms with Crippen LogP contribution in [0.15, 0.2) is 24.3 Å². The Morgan fingerprint density at radius 2 is 1.96 bits per heavy atom. The Morgan fingerprint density at radius 1 is 1.28 bits per heavy atom. The molecule has 2 aliphatic rings. The Kier molecular flexibility index (Phi) is 5.39. The number of carbonyl (C=O) groups excluding carboxylic acids is 2. The van der Waals surface area contributed by atoms with Gasteiger partial charge in [-0.1, -0.05) is 17.7 Å². The summed E-state index contributed by atoms with van der Waals surface area (Å²) in [5, 5.41) is 2.55. The van der Waals surface area contributed by atoms with Crippen LogP contribution in [-0.2, 0) is 14.3 Å². The average molecular weight is 346 g/mol. The zero-order valence-electron chi connectivity index (χ0n) is 14.9. The second-order valence-electron chi connectivity index (χ2n) is 6.96. The lowest BCUT2D eigenvalue weighted by atomic mass is 9.87. The fraction of sp³-hybridized carbons (Fsp3) is 0.579. The zero-order chi connectivity index (χ0) is 17.9. The SMILES string of the molecule is CNC(=O)CO[C@H]1COC2(CCN(C(=O)c3ccc(C)cc3)CC2)C1. The maximum Gasteiger partial charge on any atom is 0.253 e. The number of likely N-dealkylation sites (tertiary alicyclic amines) is 1. The minimum atomic E-state index is -0.211. The van der Waals surface area contributed by atoms with Crippen molar-refractivity contribution in [3.8, 4) is 0 Å². The first kappa shape index (κ1) is 17.9. The van der Waals surface area contributed by atoms with Gasteiger partial charge in [0.15, 0.2) is 0 Å². The van der Waals surface area contributed by atoms with Gasteiger partial charge in [0.1, 0.15) is 6.61 Å². The lowest BCUT2D eigenvalue weighted by Gasteiger charge is -2.38. The summed E-state index contributed by atoms with van der Waals surface area (Å²) in [6, 6.07) is 7.70. The number of carbonyl (C=O) groups is 2. The van der Waals surface area contributed by atoms with Gasteiger partial charge in [0.05, 0.1) is 18.3 Å². The molecule has 0 aromatic heterocycles. The lowest BCUT2D eigenvalue weighted by molar-refractivity contribution is -0.127. The fourth-order valence-corrected chi connectivity index (χ4v) is 3.52. The summed E-state index contributed by atoms with van der Waals surface area (Å²) in [4.78, 5) is 25.8. The van der Waals surface area contributed by atoms with Gasteiger partial charge >= 0.3 is 0 Å². The molecule has 2 heterocycles. The minimum absolute atomic E-state index is 0.0448. The van der Waals surface area contributed by atoms with Crippen LogP contribution in [-0.4, -0.2) is 61.8 Å². The highest BCUT2D eigenvalue weighted by Gasteiger charge is 2.44. The van der Waals surface area contributed by atoms with Crippen molar-refractivity contribution in [2.24, 2.45) is 0 Å². The van der Waals surface area contributed by atoms with E-state index in [4.69, 9.17) is 9.47 Å². The predicted octanol–water partition coefficient (Wildman–Crippen LogP) is 1.52. The molecule has 0 aliphatic carbocycles. The molecule has 25 heavy (non-hydrogen) atoms. The Balaban J connectivity index is 1.51. The number of aryl methyl sites for hydroxylation is 1. The number of nitrogens with one attached hydrogen (secondary N) is 1. The molecule has 3 rings (SSSR count). The van der Waals surface area contributed by atoms with Crippen molar-refractivity contribution in [1.29, 1.82) is 0 Å². The van der Waals surface area contributed by atoms with Gasteiger partial charge in [-0.05, 0) is 31.9 Å². The van der Waals surface area contributed by atoms with Gasteiger partial charge in [-0.3, -0.25) is 9.59 Å². The van der Waals surface area contributed by atoms with E-state index < -0.39 is 0 Å². The van der Waals surface area contributed by atoms with Gasteiger partial charge in [-0.15, -0.1) is 0 Å². The van der Waals surface area contributed by atoms with Gasteiger partial charge < -0.3 is 19.7 Å². The summed E-state index contributed by atoms with van der Waals surface area (Å²) in [6.45, 7) is 3.98. The first-order chi connectivity index (χ1) is 12.0. The molecule has 1 aromatic carbocycles. The van der Waals surface area contributed by atoms with E-state index in [9.17, 15) is 9.59 Å². The molecular weight excluding hydrogens is 320 g/mol. The monoisotopic (exact) mass is 346 g/mol. The van der Waals surface area contributed by atoms with E-state index in [0.717, 1.165) is 30.4 Å². The number of rotatable bonds is 4. The van der Waals surface area contributed by atoms with Crippen LogP contribution in [0.4, 0.5) is 0 Å². The Bertz CT molecular complexity index is 621. The normalized spacial score (nSPS) is 22.2. The van der Waals surface area contributed by atoms with Crippen LogP contribution >= 0.6 is 0 Å². The molecule has 0 saturated carbocycles. The molecule has 6 heteroatoms.